The summed E-state index contributed by atoms with van der Waals surface area (Å²) >= 11 is 0. The molecule has 5 heteroatoms. The maximum absolute atomic E-state index is 12.6. The molecule has 28 heavy (non-hydrogen) atoms. The fourth-order valence-corrected chi connectivity index (χ4v) is 3.27. The van der Waals surface area contributed by atoms with Crippen LogP contribution in [0.15, 0.2) is 75.9 Å². The lowest BCUT2D eigenvalue weighted by molar-refractivity contribution is 0.414. The highest BCUT2D eigenvalue weighted by Gasteiger charge is 2.19. The Morgan fingerprint density at radius 2 is 1.36 bits per heavy atom. The number of hydrogen-bond acceptors (Lipinski definition) is 5. The number of ether oxygens (including phenoxy) is 2. The van der Waals surface area contributed by atoms with Crippen LogP contribution in [0.5, 0.6) is 17.2 Å². The average molecular weight is 374 g/mol. The Labute approximate surface area is 161 Å². The summed E-state index contributed by atoms with van der Waals surface area (Å²) in [7, 11) is 3.20. The van der Waals surface area contributed by atoms with Crippen molar-refractivity contribution in [1.29, 1.82) is 0 Å². The molecule has 4 rings (SSSR count). The summed E-state index contributed by atoms with van der Waals surface area (Å²) < 4.78 is 16.1. The van der Waals surface area contributed by atoms with Gasteiger partial charge in [0.2, 0.25) is 0 Å². The molecule has 0 saturated carbocycles. The number of phenolic OH excluding ortho intramolecular Hbond substituents is 1. The standard InChI is InChI=1S/C23H18O5/c1-26-16-10-6-14(7-11-16)20-18-4-3-5-19(24)21(18)23(25)28-22(20)15-8-12-17(27-2)13-9-15/h3-13,24H,1-2H3. The van der Waals surface area contributed by atoms with E-state index in [2.05, 4.69) is 0 Å². The van der Waals surface area contributed by atoms with Gasteiger partial charge in [-0.2, -0.15) is 0 Å². The first-order valence-electron chi connectivity index (χ1n) is 8.70. The van der Waals surface area contributed by atoms with Gasteiger partial charge >= 0.3 is 5.63 Å². The third-order valence-corrected chi connectivity index (χ3v) is 4.67. The van der Waals surface area contributed by atoms with Crippen molar-refractivity contribution in [1.82, 2.24) is 0 Å². The number of methoxy groups -OCH3 is 2. The lowest BCUT2D eigenvalue weighted by atomic mass is 9.95. The fraction of sp³-hybridized carbons (Fsp3) is 0.0870. The van der Waals surface area contributed by atoms with Crippen molar-refractivity contribution in [3.05, 3.63) is 77.2 Å². The van der Waals surface area contributed by atoms with Crippen molar-refractivity contribution in [2.24, 2.45) is 0 Å². The quantitative estimate of drug-likeness (QED) is 0.553. The second-order valence-corrected chi connectivity index (χ2v) is 6.25. The molecule has 0 aliphatic carbocycles. The maximum atomic E-state index is 12.6. The van der Waals surface area contributed by atoms with Crippen molar-refractivity contribution >= 4 is 10.8 Å². The normalized spacial score (nSPS) is 10.8. The molecule has 0 bridgehead atoms. The molecular formula is C23H18O5. The van der Waals surface area contributed by atoms with Crippen LogP contribution < -0.4 is 15.1 Å². The van der Waals surface area contributed by atoms with E-state index in [-0.39, 0.29) is 11.1 Å². The minimum atomic E-state index is -0.587. The van der Waals surface area contributed by atoms with Gasteiger partial charge in [-0.15, -0.1) is 0 Å². The van der Waals surface area contributed by atoms with Crippen LogP contribution in [0.1, 0.15) is 0 Å². The van der Waals surface area contributed by atoms with Crippen LogP contribution in [0.25, 0.3) is 33.2 Å². The van der Waals surface area contributed by atoms with Gasteiger partial charge in [0.25, 0.3) is 0 Å². The van der Waals surface area contributed by atoms with E-state index in [1.165, 1.54) is 6.07 Å². The van der Waals surface area contributed by atoms with Crippen LogP contribution >= 0.6 is 0 Å². The lowest BCUT2D eigenvalue weighted by Crippen LogP contribution is -2.03. The van der Waals surface area contributed by atoms with Crippen LogP contribution in [0.4, 0.5) is 0 Å². The van der Waals surface area contributed by atoms with Crippen LogP contribution in [0, 0.1) is 0 Å². The Morgan fingerprint density at radius 3 is 1.93 bits per heavy atom. The zero-order valence-electron chi connectivity index (χ0n) is 15.4. The third-order valence-electron chi connectivity index (χ3n) is 4.67. The zero-order chi connectivity index (χ0) is 19.7. The minimum absolute atomic E-state index is 0.109. The van der Waals surface area contributed by atoms with Crippen molar-refractivity contribution < 1.29 is 19.0 Å². The highest BCUT2D eigenvalue weighted by atomic mass is 16.5. The zero-order valence-corrected chi connectivity index (χ0v) is 15.4. The van der Waals surface area contributed by atoms with E-state index in [0.717, 1.165) is 22.4 Å². The summed E-state index contributed by atoms with van der Waals surface area (Å²) in [5.74, 6) is 1.74. The highest BCUT2D eigenvalue weighted by Crippen LogP contribution is 2.39. The summed E-state index contributed by atoms with van der Waals surface area (Å²) in [5.41, 5.74) is 1.70. The molecule has 0 saturated heterocycles. The molecule has 0 fully saturated rings. The molecule has 3 aromatic carbocycles. The molecule has 5 nitrogen and oxygen atoms in total. The molecule has 1 aromatic heterocycles. The van der Waals surface area contributed by atoms with Crippen LogP contribution in [-0.4, -0.2) is 19.3 Å². The fourth-order valence-electron chi connectivity index (χ4n) is 3.27. The van der Waals surface area contributed by atoms with Crippen molar-refractivity contribution in [3.8, 4) is 39.7 Å². The Hall–Kier alpha value is -3.73. The maximum Gasteiger partial charge on any atom is 0.348 e. The number of benzene rings is 3. The van der Waals surface area contributed by atoms with Crippen LogP contribution in [0.3, 0.4) is 0 Å². The van der Waals surface area contributed by atoms with Gasteiger partial charge in [0.15, 0.2) is 0 Å². The van der Waals surface area contributed by atoms with Crippen LogP contribution in [-0.2, 0) is 0 Å². The number of hydrogen-bond donors (Lipinski definition) is 1. The van der Waals surface area contributed by atoms with Gasteiger partial charge in [-0.05, 0) is 48.0 Å². The average Bonchev–Trinajstić information content (AvgIpc) is 2.74. The third kappa shape index (κ3) is 2.97. The van der Waals surface area contributed by atoms with E-state index in [1.54, 1.807) is 38.5 Å². The Morgan fingerprint density at radius 1 is 0.786 bits per heavy atom. The summed E-state index contributed by atoms with van der Waals surface area (Å²) in [6.07, 6.45) is 0. The van der Waals surface area contributed by atoms with Crippen LogP contribution in [0.2, 0.25) is 0 Å². The topological polar surface area (TPSA) is 68.9 Å². The van der Waals surface area contributed by atoms with Gasteiger partial charge < -0.3 is 19.0 Å². The van der Waals surface area contributed by atoms with Gasteiger partial charge in [0, 0.05) is 16.5 Å². The van der Waals surface area contributed by atoms with E-state index in [9.17, 15) is 9.90 Å². The van der Waals surface area contributed by atoms with Crippen molar-refractivity contribution in [3.63, 3.8) is 0 Å². The molecule has 0 spiro atoms. The van der Waals surface area contributed by atoms with Gasteiger partial charge in [-0.25, -0.2) is 4.79 Å². The van der Waals surface area contributed by atoms with Gasteiger partial charge in [0.1, 0.15) is 28.4 Å². The molecule has 1 heterocycles. The van der Waals surface area contributed by atoms with Crippen molar-refractivity contribution in [2.75, 3.05) is 14.2 Å². The molecule has 1 N–H and O–H groups in total. The second-order valence-electron chi connectivity index (χ2n) is 6.25. The van der Waals surface area contributed by atoms with E-state index < -0.39 is 5.63 Å². The highest BCUT2D eigenvalue weighted by molar-refractivity contribution is 6.03. The molecular weight excluding hydrogens is 356 g/mol. The molecule has 140 valence electrons. The second kappa shape index (κ2) is 7.12. The Bertz CT molecular complexity index is 1190. The predicted octanol–water partition coefficient (Wildman–Crippen LogP) is 4.85. The first-order chi connectivity index (χ1) is 13.6. The number of aromatic hydroxyl groups is 1. The number of phenols is 1. The molecule has 0 amide bonds. The molecule has 0 radical (unpaired) electrons. The molecule has 0 aliphatic rings. The Balaban J connectivity index is 2.06. The van der Waals surface area contributed by atoms with E-state index >= 15 is 0 Å². The summed E-state index contributed by atoms with van der Waals surface area (Å²) in [6.45, 7) is 0. The minimum Gasteiger partial charge on any atom is -0.507 e. The van der Waals surface area contributed by atoms with Crippen molar-refractivity contribution in [2.45, 2.75) is 0 Å². The molecule has 0 unspecified atom stereocenters. The summed E-state index contributed by atoms with van der Waals surface area (Å²) in [5, 5.41) is 11.0. The Kier molecular flexibility index (Phi) is 4.49. The number of fused-ring (bicyclic) bond motifs is 1. The monoisotopic (exact) mass is 374 g/mol. The van der Waals surface area contributed by atoms with Gasteiger partial charge in [-0.3, -0.25) is 0 Å². The first-order valence-corrected chi connectivity index (χ1v) is 8.70. The van der Waals surface area contributed by atoms with E-state index in [0.29, 0.717) is 16.9 Å². The lowest BCUT2D eigenvalue weighted by Gasteiger charge is -2.13. The molecule has 0 aliphatic heterocycles. The predicted molar refractivity (Wildman–Crippen MR) is 108 cm³/mol. The summed E-state index contributed by atoms with van der Waals surface area (Å²) in [4.78, 5) is 12.6. The van der Waals surface area contributed by atoms with Gasteiger partial charge in [-0.1, -0.05) is 24.3 Å². The number of rotatable bonds is 4. The molecule has 0 atom stereocenters. The summed E-state index contributed by atoms with van der Waals surface area (Å²) in [6, 6.07) is 19.7. The van der Waals surface area contributed by atoms with E-state index in [4.69, 9.17) is 13.9 Å². The largest absolute Gasteiger partial charge is 0.507 e. The van der Waals surface area contributed by atoms with E-state index in [1.807, 2.05) is 36.4 Å². The molecule has 4 aromatic rings. The smallest absolute Gasteiger partial charge is 0.348 e. The van der Waals surface area contributed by atoms with Gasteiger partial charge in [0.05, 0.1) is 14.2 Å². The first kappa shape index (κ1) is 17.7. The SMILES string of the molecule is COc1ccc(-c2oc(=O)c3c(O)cccc3c2-c2ccc(OC)cc2)cc1.